The largest absolute Gasteiger partial charge is 0.466 e. The number of guanidine groups is 1. The van der Waals surface area contributed by atoms with Gasteiger partial charge in [-0.2, -0.15) is 0 Å². The third-order valence-corrected chi connectivity index (χ3v) is 5.58. The van der Waals surface area contributed by atoms with E-state index in [9.17, 15) is 4.79 Å². The molecule has 1 aliphatic rings. The van der Waals surface area contributed by atoms with Crippen LogP contribution in [0.15, 0.2) is 35.5 Å². The summed E-state index contributed by atoms with van der Waals surface area (Å²) in [4.78, 5) is 20.0. The van der Waals surface area contributed by atoms with Crippen molar-refractivity contribution in [3.63, 3.8) is 0 Å². The van der Waals surface area contributed by atoms with Gasteiger partial charge in [-0.3, -0.25) is 9.79 Å². The summed E-state index contributed by atoms with van der Waals surface area (Å²) in [6.07, 6.45) is 7.85. The van der Waals surface area contributed by atoms with Crippen LogP contribution in [0.5, 0.6) is 0 Å². The summed E-state index contributed by atoms with van der Waals surface area (Å²) in [5.74, 6) is 0.901. The van der Waals surface area contributed by atoms with Gasteiger partial charge >= 0.3 is 5.97 Å². The van der Waals surface area contributed by atoms with E-state index in [0.717, 1.165) is 57.6 Å². The predicted octanol–water partition coefficient (Wildman–Crippen LogP) is 4.40. The lowest BCUT2D eigenvalue weighted by Gasteiger charge is -2.29. The molecule has 0 bridgehead atoms. The molecule has 1 fully saturated rings. The van der Waals surface area contributed by atoms with Gasteiger partial charge in [0.25, 0.3) is 0 Å². The molecule has 3 N–H and O–H groups in total. The number of aryl methyl sites for hydroxylation is 1. The van der Waals surface area contributed by atoms with Crippen LogP contribution < -0.4 is 10.6 Å². The zero-order chi connectivity index (χ0) is 20.5. The van der Waals surface area contributed by atoms with Gasteiger partial charge in [0.15, 0.2) is 5.96 Å². The van der Waals surface area contributed by atoms with Crippen molar-refractivity contribution in [1.29, 1.82) is 0 Å². The fourth-order valence-electron chi connectivity index (χ4n) is 4.05. The molecule has 3 rings (SSSR count). The lowest BCUT2D eigenvalue weighted by Crippen LogP contribution is -2.45. The molecule has 30 heavy (non-hydrogen) atoms. The highest BCUT2D eigenvalue weighted by molar-refractivity contribution is 14.0. The number of H-pyrrole nitrogens is 1. The van der Waals surface area contributed by atoms with Gasteiger partial charge in [-0.05, 0) is 64.0 Å². The summed E-state index contributed by atoms with van der Waals surface area (Å²) in [6, 6.07) is 8.79. The number of ether oxygens (including phenoxy) is 1. The molecule has 0 aliphatic heterocycles. The summed E-state index contributed by atoms with van der Waals surface area (Å²) in [5.41, 5.74) is 2.55. The number of esters is 1. The third kappa shape index (κ3) is 6.89. The molecule has 166 valence electrons. The maximum Gasteiger partial charge on any atom is 0.308 e. The number of aromatic amines is 1. The number of hydrogen-bond donors (Lipinski definition) is 3. The van der Waals surface area contributed by atoms with E-state index in [1.54, 1.807) is 0 Å². The number of hydrogen-bond acceptors (Lipinski definition) is 3. The lowest BCUT2D eigenvalue weighted by molar-refractivity contribution is -0.149. The topological polar surface area (TPSA) is 78.5 Å². The second-order valence-corrected chi connectivity index (χ2v) is 7.67. The SMILES string of the molecule is CCNC(=NCCCc1c[nH]c2ccccc12)NC1CCC(C(=O)OCC)CC1.I. The number of nitrogens with zero attached hydrogens (tertiary/aromatic N) is 1. The molecule has 0 radical (unpaired) electrons. The number of aromatic nitrogens is 1. The molecule has 0 unspecified atom stereocenters. The quantitative estimate of drug-likeness (QED) is 0.157. The van der Waals surface area contributed by atoms with Gasteiger partial charge in [0.1, 0.15) is 0 Å². The van der Waals surface area contributed by atoms with Gasteiger partial charge in [0.05, 0.1) is 12.5 Å². The Morgan fingerprint density at radius 1 is 1.20 bits per heavy atom. The molecular weight excluding hydrogens is 491 g/mol. The van der Waals surface area contributed by atoms with Crippen molar-refractivity contribution in [2.75, 3.05) is 19.7 Å². The van der Waals surface area contributed by atoms with Crippen molar-refractivity contribution in [2.24, 2.45) is 10.9 Å². The molecule has 1 saturated carbocycles. The summed E-state index contributed by atoms with van der Waals surface area (Å²) in [7, 11) is 0. The maximum atomic E-state index is 11.9. The van der Waals surface area contributed by atoms with E-state index in [2.05, 4.69) is 53.0 Å². The highest BCUT2D eigenvalue weighted by Crippen LogP contribution is 2.25. The van der Waals surface area contributed by atoms with Crippen LogP contribution in [0.25, 0.3) is 10.9 Å². The van der Waals surface area contributed by atoms with Crippen LogP contribution in [-0.2, 0) is 16.0 Å². The maximum absolute atomic E-state index is 11.9. The van der Waals surface area contributed by atoms with Crippen molar-refractivity contribution >= 4 is 46.8 Å². The molecule has 0 atom stereocenters. The van der Waals surface area contributed by atoms with E-state index in [0.29, 0.717) is 12.6 Å². The highest BCUT2D eigenvalue weighted by atomic mass is 127. The van der Waals surface area contributed by atoms with Crippen molar-refractivity contribution in [2.45, 2.75) is 58.4 Å². The van der Waals surface area contributed by atoms with Gasteiger partial charge < -0.3 is 20.4 Å². The molecule has 0 amide bonds. The number of benzene rings is 1. The van der Waals surface area contributed by atoms with Gasteiger partial charge in [0.2, 0.25) is 0 Å². The molecule has 6 nitrogen and oxygen atoms in total. The lowest BCUT2D eigenvalue weighted by atomic mass is 9.86. The molecule has 2 aromatic rings. The van der Waals surface area contributed by atoms with Crippen LogP contribution in [0.1, 0.15) is 51.5 Å². The van der Waals surface area contributed by atoms with Crippen LogP contribution in [0.4, 0.5) is 0 Å². The molecular formula is C23H35IN4O2. The molecule has 1 aromatic heterocycles. The van der Waals surface area contributed by atoms with Crippen LogP contribution in [0.3, 0.4) is 0 Å². The fourth-order valence-corrected chi connectivity index (χ4v) is 4.05. The molecule has 0 saturated heterocycles. The Kier molecular flexibility index (Phi) is 10.5. The van der Waals surface area contributed by atoms with E-state index in [1.807, 2.05) is 6.92 Å². The average Bonchev–Trinajstić information content (AvgIpc) is 3.15. The Bertz CT molecular complexity index is 812. The van der Waals surface area contributed by atoms with Crippen molar-refractivity contribution in [3.05, 3.63) is 36.0 Å². The highest BCUT2D eigenvalue weighted by Gasteiger charge is 2.27. The number of carbonyl (C=O) groups is 1. The number of aliphatic imine (C=N–C) groups is 1. The first kappa shape index (κ1) is 24.5. The molecule has 7 heteroatoms. The van der Waals surface area contributed by atoms with Crippen LogP contribution in [0, 0.1) is 5.92 Å². The summed E-state index contributed by atoms with van der Waals surface area (Å²) >= 11 is 0. The first-order valence-electron chi connectivity index (χ1n) is 11.0. The number of rotatable bonds is 8. The van der Waals surface area contributed by atoms with Gasteiger partial charge in [0, 0.05) is 36.2 Å². The van der Waals surface area contributed by atoms with Crippen molar-refractivity contribution in [3.8, 4) is 0 Å². The Morgan fingerprint density at radius 3 is 2.70 bits per heavy atom. The number of carbonyl (C=O) groups excluding carboxylic acids is 1. The Balaban J connectivity index is 0.00000320. The van der Waals surface area contributed by atoms with Crippen LogP contribution in [0.2, 0.25) is 0 Å². The second kappa shape index (κ2) is 12.8. The smallest absolute Gasteiger partial charge is 0.308 e. The molecule has 0 spiro atoms. The first-order chi connectivity index (χ1) is 14.2. The van der Waals surface area contributed by atoms with Gasteiger partial charge in [-0.1, -0.05) is 18.2 Å². The standard InChI is InChI=1S/C23H34N4O2.HI/c1-3-24-23(27-19-13-11-17(12-14-19)22(28)29-4-2)25-15-7-8-18-16-26-21-10-6-5-9-20(18)21;/h5-6,9-10,16-17,19,26H,3-4,7-8,11-15H2,1-2H3,(H2,24,25,27);1H. The third-order valence-electron chi connectivity index (χ3n) is 5.58. The van der Waals surface area contributed by atoms with Crippen LogP contribution >= 0.6 is 24.0 Å². The number of fused-ring (bicyclic) bond motifs is 1. The summed E-state index contributed by atoms with van der Waals surface area (Å²) in [5, 5.41) is 8.21. The first-order valence-corrected chi connectivity index (χ1v) is 11.0. The average molecular weight is 526 g/mol. The number of nitrogens with one attached hydrogen (secondary N) is 3. The normalized spacial score (nSPS) is 19.2. The van der Waals surface area contributed by atoms with E-state index in [1.165, 1.54) is 16.5 Å². The zero-order valence-corrected chi connectivity index (χ0v) is 20.4. The zero-order valence-electron chi connectivity index (χ0n) is 18.1. The van der Waals surface area contributed by atoms with E-state index in [4.69, 9.17) is 9.73 Å². The minimum atomic E-state index is -0.0381. The Hall–Kier alpha value is -1.77. The van der Waals surface area contributed by atoms with E-state index >= 15 is 0 Å². The van der Waals surface area contributed by atoms with Crippen LogP contribution in [-0.4, -0.2) is 42.7 Å². The van der Waals surface area contributed by atoms with Gasteiger partial charge in [-0.15, -0.1) is 24.0 Å². The van der Waals surface area contributed by atoms with E-state index < -0.39 is 0 Å². The summed E-state index contributed by atoms with van der Waals surface area (Å²) in [6.45, 7) is 6.04. The van der Waals surface area contributed by atoms with E-state index in [-0.39, 0.29) is 35.9 Å². The number of para-hydroxylation sites is 1. The molecule has 1 aliphatic carbocycles. The predicted molar refractivity (Wildman–Crippen MR) is 134 cm³/mol. The monoisotopic (exact) mass is 526 g/mol. The second-order valence-electron chi connectivity index (χ2n) is 7.67. The fraction of sp³-hybridized carbons (Fsp3) is 0.565. The number of halogens is 1. The van der Waals surface area contributed by atoms with Crippen molar-refractivity contribution in [1.82, 2.24) is 15.6 Å². The van der Waals surface area contributed by atoms with Crippen molar-refractivity contribution < 1.29 is 9.53 Å². The molecule has 1 aromatic carbocycles. The Labute approximate surface area is 196 Å². The molecule has 1 heterocycles. The Morgan fingerprint density at radius 2 is 1.97 bits per heavy atom. The van der Waals surface area contributed by atoms with Gasteiger partial charge in [-0.25, -0.2) is 0 Å². The summed E-state index contributed by atoms with van der Waals surface area (Å²) < 4.78 is 5.16. The minimum absolute atomic E-state index is 0. The minimum Gasteiger partial charge on any atom is -0.466 e.